The van der Waals surface area contributed by atoms with Crippen LogP contribution < -0.4 is 19.9 Å². The first-order valence-corrected chi connectivity index (χ1v) is 11.1. The zero-order chi connectivity index (χ0) is 21.4. The van der Waals surface area contributed by atoms with Crippen LogP contribution in [0.15, 0.2) is 57.3 Å². The van der Waals surface area contributed by atoms with E-state index in [9.17, 15) is 0 Å². The summed E-state index contributed by atoms with van der Waals surface area (Å²) in [6.07, 6.45) is 2.21. The molecular weight excluding hydrogens is 482 g/mol. The highest BCUT2D eigenvalue weighted by Gasteiger charge is 2.21. The lowest BCUT2D eigenvalue weighted by Crippen LogP contribution is -2.05. The summed E-state index contributed by atoms with van der Waals surface area (Å²) < 4.78 is 19.4. The first kappa shape index (κ1) is 20.0. The zero-order valence-corrected chi connectivity index (χ0v) is 18.9. The number of imidazole rings is 1. The van der Waals surface area contributed by atoms with Gasteiger partial charge >= 0.3 is 0 Å². The number of methoxy groups -OCH3 is 1. The summed E-state index contributed by atoms with van der Waals surface area (Å²) in [7, 11) is 1.68. The van der Waals surface area contributed by atoms with Crippen molar-refractivity contribution in [2.24, 2.45) is 0 Å². The molecule has 0 radical (unpaired) electrons. The largest absolute Gasteiger partial charge is 0.496 e. The molecule has 31 heavy (non-hydrogen) atoms. The Bertz CT molecular complexity index is 1280. The van der Waals surface area contributed by atoms with Gasteiger partial charge in [0.15, 0.2) is 33.6 Å². The van der Waals surface area contributed by atoms with Crippen molar-refractivity contribution in [3.05, 3.63) is 52.8 Å². The lowest BCUT2D eigenvalue weighted by Gasteiger charge is -2.12. The van der Waals surface area contributed by atoms with Crippen LogP contribution in [0.1, 0.15) is 5.56 Å². The van der Waals surface area contributed by atoms with E-state index in [0.29, 0.717) is 29.3 Å². The molecule has 0 unspecified atom stereocenters. The Balaban J connectivity index is 1.53. The Morgan fingerprint density at radius 2 is 2.00 bits per heavy atom. The summed E-state index contributed by atoms with van der Waals surface area (Å²) in [6.45, 7) is 0.872. The molecule has 1 aliphatic heterocycles. The van der Waals surface area contributed by atoms with Gasteiger partial charge in [0.2, 0.25) is 6.79 Å². The van der Waals surface area contributed by atoms with Gasteiger partial charge in [0.05, 0.1) is 7.11 Å². The molecule has 0 saturated carbocycles. The van der Waals surface area contributed by atoms with Crippen LogP contribution in [0.2, 0.25) is 0 Å². The second kappa shape index (κ2) is 8.27. The third-order valence-corrected chi connectivity index (χ3v) is 6.92. The maximum atomic E-state index is 6.09. The van der Waals surface area contributed by atoms with Crippen molar-refractivity contribution in [1.29, 1.82) is 0 Å². The molecule has 2 aromatic heterocycles. The second-order valence-electron chi connectivity index (χ2n) is 6.78. The van der Waals surface area contributed by atoms with Crippen molar-refractivity contribution in [2.45, 2.75) is 23.0 Å². The van der Waals surface area contributed by atoms with Gasteiger partial charge < -0.3 is 24.5 Å². The molecule has 8 nitrogen and oxygen atoms in total. The number of fused-ring (bicyclic) bond motifs is 2. The molecule has 2 N–H and O–H groups in total. The number of para-hydroxylation sites is 1. The zero-order valence-electron chi connectivity index (χ0n) is 16.5. The monoisotopic (exact) mass is 499 g/mol. The van der Waals surface area contributed by atoms with Gasteiger partial charge in [0.25, 0.3) is 0 Å². The third kappa shape index (κ3) is 3.77. The number of nitrogens with two attached hydrogens (primary N) is 1. The van der Waals surface area contributed by atoms with Crippen molar-refractivity contribution in [2.75, 3.05) is 19.6 Å². The van der Waals surface area contributed by atoms with E-state index < -0.39 is 0 Å². The quantitative estimate of drug-likeness (QED) is 0.419. The van der Waals surface area contributed by atoms with Crippen LogP contribution in [0.3, 0.4) is 0 Å². The van der Waals surface area contributed by atoms with Crippen LogP contribution in [0.25, 0.3) is 11.2 Å². The summed E-state index contributed by atoms with van der Waals surface area (Å²) in [5, 5.41) is 0.761. The van der Waals surface area contributed by atoms with E-state index in [1.165, 1.54) is 18.1 Å². The maximum absolute atomic E-state index is 6.09. The van der Waals surface area contributed by atoms with E-state index in [1.54, 1.807) is 7.11 Å². The molecule has 0 spiro atoms. The van der Waals surface area contributed by atoms with Crippen molar-refractivity contribution in [1.82, 2.24) is 19.5 Å². The van der Waals surface area contributed by atoms with Crippen molar-refractivity contribution >= 4 is 44.7 Å². The number of nitrogens with zero attached hydrogens (tertiary/aromatic N) is 4. The van der Waals surface area contributed by atoms with Crippen molar-refractivity contribution < 1.29 is 14.2 Å². The number of anilines is 1. The molecular formula is C21H18BrN5O3S. The van der Waals surface area contributed by atoms with Gasteiger partial charge in [-0.15, -0.1) is 0 Å². The Morgan fingerprint density at radius 1 is 1.19 bits per heavy atom. The lowest BCUT2D eigenvalue weighted by atomic mass is 10.1. The third-order valence-electron chi connectivity index (χ3n) is 4.95. The Kier molecular flexibility index (Phi) is 5.33. The van der Waals surface area contributed by atoms with E-state index in [1.807, 2.05) is 30.3 Å². The summed E-state index contributed by atoms with van der Waals surface area (Å²) in [6, 6.07) is 11.8. The molecule has 5 rings (SSSR count). The number of aryl methyl sites for hydroxylation is 2. The molecule has 0 fully saturated rings. The van der Waals surface area contributed by atoms with Gasteiger partial charge in [0, 0.05) is 15.9 Å². The van der Waals surface area contributed by atoms with E-state index >= 15 is 0 Å². The number of halogens is 1. The number of nitrogen functional groups attached to an aromatic ring is 1. The van der Waals surface area contributed by atoms with Crippen molar-refractivity contribution in [3.8, 4) is 17.2 Å². The second-order valence-corrected chi connectivity index (χ2v) is 8.64. The number of ether oxygens (including phenoxy) is 3. The molecule has 158 valence electrons. The van der Waals surface area contributed by atoms with Gasteiger partial charge in [0.1, 0.15) is 12.1 Å². The Morgan fingerprint density at radius 3 is 2.84 bits per heavy atom. The lowest BCUT2D eigenvalue weighted by molar-refractivity contribution is 0.174. The first-order valence-electron chi connectivity index (χ1n) is 9.49. The van der Waals surface area contributed by atoms with Crippen LogP contribution in [-0.4, -0.2) is 33.4 Å². The number of hydrogen-bond donors (Lipinski definition) is 1. The summed E-state index contributed by atoms with van der Waals surface area (Å²) in [5.41, 5.74) is 8.47. The smallest absolute Gasteiger partial charge is 0.231 e. The van der Waals surface area contributed by atoms with Crippen LogP contribution in [0.5, 0.6) is 17.2 Å². The fraction of sp³-hybridized carbons (Fsp3) is 0.190. The van der Waals surface area contributed by atoms with Crippen molar-refractivity contribution in [3.63, 3.8) is 0 Å². The number of benzene rings is 2. The highest BCUT2D eigenvalue weighted by atomic mass is 79.9. The van der Waals surface area contributed by atoms with Crippen LogP contribution in [-0.2, 0) is 13.0 Å². The average Bonchev–Trinajstić information content (AvgIpc) is 3.37. The maximum Gasteiger partial charge on any atom is 0.231 e. The molecule has 1 aliphatic rings. The summed E-state index contributed by atoms with van der Waals surface area (Å²) in [5.74, 6) is 2.64. The van der Waals surface area contributed by atoms with Gasteiger partial charge in [-0.25, -0.2) is 15.0 Å². The van der Waals surface area contributed by atoms with Crippen LogP contribution in [0, 0.1) is 0 Å². The van der Waals surface area contributed by atoms with E-state index in [2.05, 4.69) is 36.5 Å². The predicted molar refractivity (Wildman–Crippen MR) is 121 cm³/mol. The Labute approximate surface area is 190 Å². The highest BCUT2D eigenvalue weighted by molar-refractivity contribution is 9.10. The number of aromatic nitrogens is 4. The van der Waals surface area contributed by atoms with Gasteiger partial charge in [-0.2, -0.15) is 0 Å². The summed E-state index contributed by atoms with van der Waals surface area (Å²) in [4.78, 5) is 14.2. The molecule has 0 bridgehead atoms. The minimum Gasteiger partial charge on any atom is -0.496 e. The van der Waals surface area contributed by atoms with Gasteiger partial charge in [-0.1, -0.05) is 30.0 Å². The van der Waals surface area contributed by atoms with Gasteiger partial charge in [-0.3, -0.25) is 0 Å². The molecule has 0 atom stereocenters. The van der Waals surface area contributed by atoms with Crippen LogP contribution >= 0.6 is 27.7 Å². The van der Waals surface area contributed by atoms with Gasteiger partial charge in [-0.05, 0) is 46.1 Å². The molecule has 0 aliphatic carbocycles. The standard InChI is InChI=1S/C21H18BrN5O3S/c1-28-14-5-3-2-4-12(14)6-7-27-20-18(19(23)24-10-25-20)26-21(27)31-17-9-16-15(8-13(17)22)29-11-30-16/h2-5,8-10H,6-7,11H2,1H3,(H2,23,24,25). The van der Waals surface area contributed by atoms with Crippen LogP contribution in [0.4, 0.5) is 5.82 Å². The van der Waals surface area contributed by atoms with E-state index in [-0.39, 0.29) is 6.79 Å². The summed E-state index contributed by atoms with van der Waals surface area (Å²) >= 11 is 5.12. The highest BCUT2D eigenvalue weighted by Crippen LogP contribution is 2.43. The van der Waals surface area contributed by atoms with E-state index in [0.717, 1.165) is 38.0 Å². The Hall–Kier alpha value is -2.98. The number of rotatable bonds is 6. The minimum atomic E-state index is 0.222. The molecule has 0 saturated heterocycles. The van der Waals surface area contributed by atoms with E-state index in [4.69, 9.17) is 24.9 Å². The SMILES string of the molecule is COc1ccccc1CCn1c(Sc2cc3c(cc2Br)OCO3)nc2c(N)ncnc21. The number of hydrogen-bond acceptors (Lipinski definition) is 8. The average molecular weight is 500 g/mol. The molecule has 10 heteroatoms. The molecule has 2 aromatic carbocycles. The fourth-order valence-corrected chi connectivity index (χ4v) is 4.94. The molecule has 4 aromatic rings. The minimum absolute atomic E-state index is 0.222. The topological polar surface area (TPSA) is 97.3 Å². The fourth-order valence-electron chi connectivity index (χ4n) is 3.43. The molecule has 0 amide bonds. The predicted octanol–water partition coefficient (Wildman–Crippen LogP) is 4.30. The molecule has 3 heterocycles. The first-order chi connectivity index (χ1) is 15.1. The normalized spacial score (nSPS) is 12.5.